The Bertz CT molecular complexity index is 1080. The molecule has 1 saturated heterocycles. The van der Waals surface area contributed by atoms with Gasteiger partial charge in [-0.15, -0.1) is 0 Å². The van der Waals surface area contributed by atoms with Crippen LogP contribution in [0.1, 0.15) is 36.8 Å². The summed E-state index contributed by atoms with van der Waals surface area (Å²) in [7, 11) is 0. The lowest BCUT2D eigenvalue weighted by atomic mass is 9.89. The van der Waals surface area contributed by atoms with Crippen molar-refractivity contribution in [3.05, 3.63) is 53.3 Å². The minimum absolute atomic E-state index is 0.190. The first kappa shape index (κ1) is 20.8. The molecule has 7 heteroatoms. The Morgan fingerprint density at radius 1 is 1.28 bits per heavy atom. The topological polar surface area (TPSA) is 59.8 Å². The van der Waals surface area contributed by atoms with Crippen LogP contribution in [0.5, 0.6) is 5.75 Å². The van der Waals surface area contributed by atoms with Crippen LogP contribution in [0.15, 0.2) is 36.4 Å². The molecule has 2 aromatic rings. The predicted octanol–water partition coefficient (Wildman–Crippen LogP) is 3.51. The van der Waals surface area contributed by atoms with E-state index in [9.17, 15) is 9.18 Å². The fraction of sp³-hybridized carbons (Fsp3) is 0.440. The number of benzene rings is 2. The van der Waals surface area contributed by atoms with Crippen molar-refractivity contribution in [2.24, 2.45) is 0 Å². The number of hydrogen-bond acceptors (Lipinski definition) is 5. The zero-order valence-corrected chi connectivity index (χ0v) is 18.3. The second kappa shape index (κ2) is 8.44. The highest BCUT2D eigenvalue weighted by Crippen LogP contribution is 2.50. The molecule has 0 unspecified atom stereocenters. The molecule has 1 amide bonds. The van der Waals surface area contributed by atoms with E-state index in [1.807, 2.05) is 17.9 Å². The Morgan fingerprint density at radius 3 is 2.97 bits per heavy atom. The number of halogens is 1. The van der Waals surface area contributed by atoms with Gasteiger partial charge in [-0.1, -0.05) is 12.1 Å². The lowest BCUT2D eigenvalue weighted by Gasteiger charge is -2.41. The smallest absolute Gasteiger partial charge is 0.246 e. The summed E-state index contributed by atoms with van der Waals surface area (Å²) in [6.07, 6.45) is 1.87. The SMILES string of the molecule is CCN1C(=O)CN2c3c(cccc31)[C@@H]1CN(CCCOc3ccc(F)cc3C#N)CC[C@@H]12. The van der Waals surface area contributed by atoms with Crippen molar-refractivity contribution in [2.45, 2.75) is 31.7 Å². The molecule has 0 spiro atoms. The van der Waals surface area contributed by atoms with Crippen molar-refractivity contribution in [1.29, 1.82) is 5.26 Å². The quantitative estimate of drug-likeness (QED) is 0.652. The van der Waals surface area contributed by atoms with Crippen molar-refractivity contribution < 1.29 is 13.9 Å². The molecular formula is C25H27FN4O2. The minimum atomic E-state index is -0.432. The molecule has 0 bridgehead atoms. The highest BCUT2D eigenvalue weighted by atomic mass is 19.1. The summed E-state index contributed by atoms with van der Waals surface area (Å²) in [5, 5.41) is 9.15. The molecular weight excluding hydrogens is 407 g/mol. The number of carbonyl (C=O) groups excluding carboxylic acids is 1. The number of anilines is 2. The monoisotopic (exact) mass is 434 g/mol. The molecule has 166 valence electrons. The number of carbonyl (C=O) groups is 1. The van der Waals surface area contributed by atoms with E-state index in [0.717, 1.165) is 38.2 Å². The van der Waals surface area contributed by atoms with E-state index in [1.54, 1.807) is 0 Å². The zero-order valence-electron chi connectivity index (χ0n) is 18.3. The van der Waals surface area contributed by atoms with E-state index in [-0.39, 0.29) is 11.5 Å². The molecule has 0 aliphatic carbocycles. The third-order valence-electron chi connectivity index (χ3n) is 6.95. The van der Waals surface area contributed by atoms with Crippen LogP contribution in [0.4, 0.5) is 15.8 Å². The van der Waals surface area contributed by atoms with Gasteiger partial charge in [-0.05, 0) is 49.6 Å². The number of nitriles is 1. The fourth-order valence-corrected chi connectivity index (χ4v) is 5.53. The number of likely N-dealkylation sites (tertiary alicyclic amines) is 1. The summed E-state index contributed by atoms with van der Waals surface area (Å²) in [5.74, 6) is 0.601. The van der Waals surface area contributed by atoms with E-state index >= 15 is 0 Å². The number of rotatable bonds is 6. The highest BCUT2D eigenvalue weighted by molar-refractivity contribution is 6.04. The van der Waals surface area contributed by atoms with Gasteiger partial charge in [0.15, 0.2) is 0 Å². The van der Waals surface area contributed by atoms with Crippen LogP contribution >= 0.6 is 0 Å². The van der Waals surface area contributed by atoms with Gasteiger partial charge in [0.05, 0.1) is 30.1 Å². The average molecular weight is 435 g/mol. The number of para-hydroxylation sites is 1. The van der Waals surface area contributed by atoms with E-state index in [2.05, 4.69) is 28.0 Å². The molecule has 0 N–H and O–H groups in total. The van der Waals surface area contributed by atoms with Crippen molar-refractivity contribution in [2.75, 3.05) is 49.1 Å². The Hall–Kier alpha value is -3.11. The molecule has 32 heavy (non-hydrogen) atoms. The molecule has 2 aromatic carbocycles. The Morgan fingerprint density at radius 2 is 2.16 bits per heavy atom. The molecule has 0 radical (unpaired) electrons. The van der Waals surface area contributed by atoms with Crippen LogP contribution in [0.25, 0.3) is 0 Å². The number of ether oxygens (including phenoxy) is 1. The van der Waals surface area contributed by atoms with E-state index in [4.69, 9.17) is 10.00 Å². The molecule has 3 heterocycles. The molecule has 5 rings (SSSR count). The summed E-state index contributed by atoms with van der Waals surface area (Å²) in [6.45, 7) is 6.56. The average Bonchev–Trinajstić information content (AvgIpc) is 3.11. The first-order valence-electron chi connectivity index (χ1n) is 11.4. The van der Waals surface area contributed by atoms with Gasteiger partial charge >= 0.3 is 0 Å². The number of nitrogens with zero attached hydrogens (tertiary/aromatic N) is 4. The largest absolute Gasteiger partial charge is 0.492 e. The summed E-state index contributed by atoms with van der Waals surface area (Å²) in [5.41, 5.74) is 3.91. The Labute approximate surface area is 187 Å². The molecule has 3 aliphatic heterocycles. The van der Waals surface area contributed by atoms with Crippen molar-refractivity contribution >= 4 is 17.3 Å². The number of piperidine rings is 1. The molecule has 0 saturated carbocycles. The normalized spacial score (nSPS) is 21.8. The predicted molar refractivity (Wildman–Crippen MR) is 121 cm³/mol. The number of fused-ring (bicyclic) bond motifs is 3. The van der Waals surface area contributed by atoms with Crippen molar-refractivity contribution in [1.82, 2.24) is 4.90 Å². The van der Waals surface area contributed by atoms with Gasteiger partial charge in [0.2, 0.25) is 5.91 Å². The number of amides is 1. The lowest BCUT2D eigenvalue weighted by Crippen LogP contribution is -2.51. The third kappa shape index (κ3) is 3.49. The van der Waals surface area contributed by atoms with Crippen LogP contribution < -0.4 is 14.5 Å². The third-order valence-corrected chi connectivity index (χ3v) is 6.95. The first-order valence-corrected chi connectivity index (χ1v) is 11.4. The van der Waals surface area contributed by atoms with Crippen LogP contribution in [-0.2, 0) is 4.79 Å². The van der Waals surface area contributed by atoms with Crippen LogP contribution in [-0.4, -0.2) is 56.2 Å². The lowest BCUT2D eigenvalue weighted by molar-refractivity contribution is -0.117. The minimum Gasteiger partial charge on any atom is -0.492 e. The van der Waals surface area contributed by atoms with Crippen molar-refractivity contribution in [3.63, 3.8) is 0 Å². The van der Waals surface area contributed by atoms with Gasteiger partial charge in [0.25, 0.3) is 0 Å². The molecule has 3 aliphatic rings. The van der Waals surface area contributed by atoms with Gasteiger partial charge in [-0.25, -0.2) is 4.39 Å². The summed E-state index contributed by atoms with van der Waals surface area (Å²) < 4.78 is 19.0. The first-order chi connectivity index (χ1) is 15.6. The zero-order chi connectivity index (χ0) is 22.2. The second-order valence-electron chi connectivity index (χ2n) is 8.70. The Kier molecular flexibility index (Phi) is 5.48. The van der Waals surface area contributed by atoms with Gasteiger partial charge in [-0.2, -0.15) is 5.26 Å². The van der Waals surface area contributed by atoms with Crippen LogP contribution in [0.3, 0.4) is 0 Å². The maximum atomic E-state index is 13.3. The summed E-state index contributed by atoms with van der Waals surface area (Å²) in [6, 6.07) is 12.8. The summed E-state index contributed by atoms with van der Waals surface area (Å²) in [4.78, 5) is 19.4. The van der Waals surface area contributed by atoms with E-state index < -0.39 is 5.82 Å². The van der Waals surface area contributed by atoms with Gasteiger partial charge in [0, 0.05) is 38.1 Å². The molecule has 6 nitrogen and oxygen atoms in total. The van der Waals surface area contributed by atoms with Crippen LogP contribution in [0.2, 0.25) is 0 Å². The van der Waals surface area contributed by atoms with Crippen LogP contribution in [0, 0.1) is 17.1 Å². The fourth-order valence-electron chi connectivity index (χ4n) is 5.53. The van der Waals surface area contributed by atoms with Gasteiger partial charge in [-0.3, -0.25) is 4.79 Å². The van der Waals surface area contributed by atoms with E-state index in [1.165, 1.54) is 29.4 Å². The summed E-state index contributed by atoms with van der Waals surface area (Å²) >= 11 is 0. The van der Waals surface area contributed by atoms with Crippen molar-refractivity contribution in [3.8, 4) is 11.8 Å². The van der Waals surface area contributed by atoms with Gasteiger partial charge < -0.3 is 19.4 Å². The Balaban J connectivity index is 1.23. The maximum Gasteiger partial charge on any atom is 0.246 e. The highest BCUT2D eigenvalue weighted by Gasteiger charge is 2.46. The van der Waals surface area contributed by atoms with E-state index in [0.29, 0.717) is 37.4 Å². The molecule has 0 aromatic heterocycles. The maximum absolute atomic E-state index is 13.3. The molecule has 2 atom stereocenters. The number of likely N-dealkylation sites (N-methyl/N-ethyl adjacent to an activating group) is 1. The molecule has 1 fully saturated rings. The second-order valence-corrected chi connectivity index (χ2v) is 8.70. The number of hydrogen-bond donors (Lipinski definition) is 0. The van der Waals surface area contributed by atoms with Gasteiger partial charge in [0.1, 0.15) is 17.6 Å². The standard InChI is InChI=1S/C25H27FN4O2/c1-2-29-22-6-3-5-19-20-15-28(11-9-21(20)30(25(19)22)16-24(29)31)10-4-12-32-23-8-7-18(26)13-17(23)14-27/h3,5-8,13,20-21H,2,4,9-12,15-16H2,1H3/t20-,21-/m0/s1.